The summed E-state index contributed by atoms with van der Waals surface area (Å²) in [6.45, 7) is 1.11. The van der Waals surface area contributed by atoms with Gasteiger partial charge in [0.2, 0.25) is 11.8 Å². The number of hydrogen-bond donors (Lipinski definition) is 1. The number of rotatable bonds is 4. The highest BCUT2D eigenvalue weighted by molar-refractivity contribution is 6.00. The van der Waals surface area contributed by atoms with Crippen LogP contribution in [-0.4, -0.2) is 49.2 Å². The van der Waals surface area contributed by atoms with Gasteiger partial charge in [-0.3, -0.25) is 14.5 Å². The Labute approximate surface area is 155 Å². The zero-order valence-corrected chi connectivity index (χ0v) is 14.8. The lowest BCUT2D eigenvalue weighted by molar-refractivity contribution is -0.120. The molecule has 3 heterocycles. The van der Waals surface area contributed by atoms with Crippen molar-refractivity contribution >= 4 is 17.8 Å². The smallest absolute Gasteiger partial charge is 0.291 e. The molecule has 0 radical (unpaired) electrons. The summed E-state index contributed by atoms with van der Waals surface area (Å²) in [5.74, 6) is -0.0597. The number of nitrogens with one attached hydrogen (secondary N) is 1. The Morgan fingerprint density at radius 3 is 2.89 bits per heavy atom. The molecular weight excluding hydrogens is 346 g/mol. The number of anilines is 1. The summed E-state index contributed by atoms with van der Waals surface area (Å²) in [4.78, 5) is 34.9. The van der Waals surface area contributed by atoms with Crippen molar-refractivity contribution in [3.8, 4) is 0 Å². The van der Waals surface area contributed by atoms with Gasteiger partial charge in [0.25, 0.3) is 11.8 Å². The van der Waals surface area contributed by atoms with Gasteiger partial charge in [-0.1, -0.05) is 30.3 Å². The van der Waals surface area contributed by atoms with Gasteiger partial charge in [-0.2, -0.15) is 0 Å². The Morgan fingerprint density at radius 2 is 2.07 bits per heavy atom. The van der Waals surface area contributed by atoms with Gasteiger partial charge in [-0.15, -0.1) is 5.10 Å². The van der Waals surface area contributed by atoms with Gasteiger partial charge in [0.05, 0.1) is 6.54 Å². The van der Waals surface area contributed by atoms with E-state index in [4.69, 9.17) is 0 Å². The van der Waals surface area contributed by atoms with Crippen LogP contribution >= 0.6 is 0 Å². The Kier molecular flexibility index (Phi) is 4.41. The van der Waals surface area contributed by atoms with E-state index in [9.17, 15) is 9.59 Å². The average Bonchev–Trinajstić information content (AvgIpc) is 3.32. The maximum atomic E-state index is 12.6. The van der Waals surface area contributed by atoms with Crippen LogP contribution in [0, 0.1) is 0 Å². The number of aromatic nitrogens is 5. The largest absolute Gasteiger partial charge is 0.337 e. The second-order valence-corrected chi connectivity index (χ2v) is 6.38. The van der Waals surface area contributed by atoms with Crippen LogP contribution in [0.1, 0.15) is 22.6 Å². The van der Waals surface area contributed by atoms with E-state index in [0.29, 0.717) is 25.5 Å². The first-order valence-electron chi connectivity index (χ1n) is 8.65. The molecule has 0 fully saturated rings. The average molecular weight is 365 g/mol. The molecule has 4 rings (SSSR count). The zero-order chi connectivity index (χ0) is 18.8. The van der Waals surface area contributed by atoms with Crippen LogP contribution in [0.2, 0.25) is 0 Å². The molecule has 0 saturated heterocycles. The molecule has 1 aliphatic rings. The number of benzene rings is 1. The van der Waals surface area contributed by atoms with Gasteiger partial charge in [0, 0.05) is 26.0 Å². The molecule has 2 aromatic heterocycles. The summed E-state index contributed by atoms with van der Waals surface area (Å²) >= 11 is 0. The molecule has 1 aromatic carbocycles. The molecule has 0 saturated carbocycles. The fourth-order valence-corrected chi connectivity index (χ4v) is 3.10. The number of likely N-dealkylation sites (N-methyl/N-ethyl adjacent to an activating group) is 1. The van der Waals surface area contributed by atoms with Crippen LogP contribution in [0.5, 0.6) is 0 Å². The highest BCUT2D eigenvalue weighted by Crippen LogP contribution is 2.17. The molecular formula is C18H19N7O2. The molecule has 0 aliphatic carbocycles. The van der Waals surface area contributed by atoms with Crippen LogP contribution in [0.3, 0.4) is 0 Å². The second kappa shape index (κ2) is 7.02. The summed E-state index contributed by atoms with van der Waals surface area (Å²) in [7, 11) is 1.65. The molecule has 2 amide bonds. The van der Waals surface area contributed by atoms with Crippen molar-refractivity contribution in [2.75, 3.05) is 11.9 Å². The molecule has 1 atom stereocenters. The highest BCUT2D eigenvalue weighted by Gasteiger charge is 2.30. The fourth-order valence-electron chi connectivity index (χ4n) is 3.10. The van der Waals surface area contributed by atoms with Crippen LogP contribution in [0.15, 0.2) is 49.1 Å². The SMILES string of the molecule is CN1C(=O)[C@@H](NC(=O)c2ncn(Cc3ccccc3)n2)CCn2ccnc21. The fraction of sp³-hybridized carbons (Fsp3) is 0.278. The molecule has 0 unspecified atom stereocenters. The van der Waals surface area contributed by atoms with E-state index in [2.05, 4.69) is 20.4 Å². The third kappa shape index (κ3) is 3.43. The Balaban J connectivity index is 1.43. The van der Waals surface area contributed by atoms with E-state index < -0.39 is 11.9 Å². The van der Waals surface area contributed by atoms with E-state index in [1.165, 1.54) is 11.2 Å². The van der Waals surface area contributed by atoms with Crippen molar-refractivity contribution in [3.05, 3.63) is 60.4 Å². The van der Waals surface area contributed by atoms with E-state index >= 15 is 0 Å². The highest BCUT2D eigenvalue weighted by atomic mass is 16.2. The zero-order valence-electron chi connectivity index (χ0n) is 14.8. The summed E-state index contributed by atoms with van der Waals surface area (Å²) in [6, 6.07) is 9.13. The van der Waals surface area contributed by atoms with E-state index in [1.807, 2.05) is 41.1 Å². The second-order valence-electron chi connectivity index (χ2n) is 6.38. The van der Waals surface area contributed by atoms with E-state index in [0.717, 1.165) is 5.56 Å². The summed E-state index contributed by atoms with van der Waals surface area (Å²) in [5.41, 5.74) is 1.06. The normalized spacial score (nSPS) is 16.7. The standard InChI is InChI=1S/C18H19N7O2/c1-23-17(27)14(7-9-24-10-8-19-18(23)24)21-16(26)15-20-12-25(22-15)11-13-5-3-2-4-6-13/h2-6,8,10,12,14H,7,9,11H2,1H3,(H,21,26)/t14-/m0/s1. The number of amides is 2. The molecule has 1 aliphatic heterocycles. The topological polar surface area (TPSA) is 97.9 Å². The number of carbonyl (C=O) groups excluding carboxylic acids is 2. The van der Waals surface area contributed by atoms with Crippen molar-refractivity contribution < 1.29 is 9.59 Å². The van der Waals surface area contributed by atoms with Crippen LogP contribution in [0.4, 0.5) is 5.95 Å². The number of fused-ring (bicyclic) bond motifs is 1. The third-order valence-corrected chi connectivity index (χ3v) is 4.51. The number of hydrogen-bond acceptors (Lipinski definition) is 5. The Morgan fingerprint density at radius 1 is 1.26 bits per heavy atom. The van der Waals surface area contributed by atoms with E-state index in [-0.39, 0.29) is 11.7 Å². The number of aryl methyl sites for hydroxylation is 1. The minimum Gasteiger partial charge on any atom is -0.337 e. The van der Waals surface area contributed by atoms with Gasteiger partial charge in [0.15, 0.2) is 0 Å². The molecule has 0 spiro atoms. The lowest BCUT2D eigenvalue weighted by Crippen LogP contribution is -2.47. The third-order valence-electron chi connectivity index (χ3n) is 4.51. The van der Waals surface area contributed by atoms with Gasteiger partial charge in [-0.05, 0) is 12.0 Å². The van der Waals surface area contributed by atoms with Crippen molar-refractivity contribution in [2.45, 2.75) is 25.6 Å². The van der Waals surface area contributed by atoms with Crippen molar-refractivity contribution in [1.82, 2.24) is 29.6 Å². The van der Waals surface area contributed by atoms with Crippen LogP contribution < -0.4 is 10.2 Å². The molecule has 0 bridgehead atoms. The number of imidazole rings is 1. The lowest BCUT2D eigenvalue weighted by atomic mass is 10.2. The monoisotopic (exact) mass is 365 g/mol. The predicted molar refractivity (Wildman–Crippen MR) is 97.1 cm³/mol. The quantitative estimate of drug-likeness (QED) is 0.733. The molecule has 27 heavy (non-hydrogen) atoms. The number of nitrogens with zero attached hydrogens (tertiary/aromatic N) is 6. The van der Waals surface area contributed by atoms with Gasteiger partial charge in [0.1, 0.15) is 12.4 Å². The minimum absolute atomic E-state index is 0.0448. The minimum atomic E-state index is -0.648. The Hall–Kier alpha value is -3.49. The van der Waals surface area contributed by atoms with Crippen molar-refractivity contribution in [3.63, 3.8) is 0 Å². The first kappa shape index (κ1) is 17.0. The van der Waals surface area contributed by atoms with E-state index in [1.54, 1.807) is 17.9 Å². The lowest BCUT2D eigenvalue weighted by Gasteiger charge is -2.19. The van der Waals surface area contributed by atoms with Gasteiger partial charge in [-0.25, -0.2) is 14.6 Å². The van der Waals surface area contributed by atoms with Crippen molar-refractivity contribution in [1.29, 1.82) is 0 Å². The van der Waals surface area contributed by atoms with Crippen LogP contribution in [-0.2, 0) is 17.9 Å². The molecule has 138 valence electrons. The number of carbonyl (C=O) groups is 2. The molecule has 1 N–H and O–H groups in total. The van der Waals surface area contributed by atoms with Gasteiger partial charge >= 0.3 is 0 Å². The maximum Gasteiger partial charge on any atom is 0.291 e. The first-order valence-corrected chi connectivity index (χ1v) is 8.65. The Bertz CT molecular complexity index is 963. The molecule has 9 nitrogen and oxygen atoms in total. The summed E-state index contributed by atoms with van der Waals surface area (Å²) in [5, 5.41) is 6.97. The molecule has 3 aromatic rings. The predicted octanol–water partition coefficient (Wildman–Crippen LogP) is 0.688. The molecule has 9 heteroatoms. The van der Waals surface area contributed by atoms with Gasteiger partial charge < -0.3 is 9.88 Å². The summed E-state index contributed by atoms with van der Waals surface area (Å²) in [6.07, 6.45) is 5.46. The maximum absolute atomic E-state index is 12.6. The first-order chi connectivity index (χ1) is 13.1. The summed E-state index contributed by atoms with van der Waals surface area (Å²) < 4.78 is 3.48. The van der Waals surface area contributed by atoms with Crippen LogP contribution in [0.25, 0.3) is 0 Å². The van der Waals surface area contributed by atoms with Crippen molar-refractivity contribution in [2.24, 2.45) is 0 Å².